The van der Waals surface area contributed by atoms with Crippen LogP contribution in [0.2, 0.25) is 5.02 Å². The Morgan fingerprint density at radius 2 is 1.60 bits per heavy atom. The van der Waals surface area contributed by atoms with E-state index in [1.165, 1.54) is 0 Å². The van der Waals surface area contributed by atoms with Crippen LogP contribution in [0.4, 0.5) is 0 Å². The molecule has 5 aromatic rings. The van der Waals surface area contributed by atoms with Gasteiger partial charge in [-0.1, -0.05) is 72.3 Å². The van der Waals surface area contributed by atoms with Gasteiger partial charge in [0.25, 0.3) is 5.52 Å². The van der Waals surface area contributed by atoms with Crippen LogP contribution in [0.3, 0.4) is 0 Å². The van der Waals surface area contributed by atoms with Gasteiger partial charge in [0, 0.05) is 22.6 Å². The summed E-state index contributed by atoms with van der Waals surface area (Å²) in [6.07, 6.45) is 1.89. The van der Waals surface area contributed by atoms with Crippen LogP contribution in [0.15, 0.2) is 95.5 Å². The van der Waals surface area contributed by atoms with E-state index in [9.17, 15) is 4.79 Å². The van der Waals surface area contributed by atoms with Crippen LogP contribution in [0.5, 0.6) is 0 Å². The second kappa shape index (κ2) is 8.42. The highest BCUT2D eigenvalue weighted by Gasteiger charge is 2.22. The monoisotopic (exact) mass is 477 g/mol. The van der Waals surface area contributed by atoms with Gasteiger partial charge in [-0.05, 0) is 18.2 Å². The molecule has 0 N–H and O–H groups in total. The van der Waals surface area contributed by atoms with Crippen molar-refractivity contribution >= 4 is 39.3 Å². The normalized spacial score (nSPS) is 10.8. The van der Waals surface area contributed by atoms with Gasteiger partial charge in [0.05, 0.1) is 10.4 Å². The number of carbonyl (C=O) groups is 1. The second-order valence-electron chi connectivity index (χ2n) is 6.94. The maximum atomic E-state index is 12.8. The van der Waals surface area contributed by atoms with E-state index in [1.807, 2.05) is 95.7 Å². The van der Waals surface area contributed by atoms with Gasteiger partial charge in [0.1, 0.15) is 5.76 Å². The van der Waals surface area contributed by atoms with Gasteiger partial charge >= 0.3 is 0 Å². The number of fused-ring (bicyclic) bond motifs is 3. The molecule has 5 rings (SSSR count). The topological polar surface area (TPSA) is 34.1 Å². The Morgan fingerprint density at radius 1 is 0.900 bits per heavy atom. The molecule has 0 aliphatic rings. The summed E-state index contributed by atoms with van der Waals surface area (Å²) < 4.78 is 8.17. The maximum absolute atomic E-state index is 12.8. The minimum Gasteiger partial charge on any atom is -1.00 e. The van der Waals surface area contributed by atoms with E-state index in [2.05, 4.69) is 0 Å². The van der Waals surface area contributed by atoms with E-state index in [4.69, 9.17) is 16.0 Å². The standard InChI is InChI=1S/C25H17ClNO2.BrH/c26-21-14-19-15-23(18-10-5-2-6-11-18)29-25(19)24-20(21)12-7-13-27(24)16-22(28)17-8-3-1-4-9-17;/h1-15H,16H2;1H/q+1;/p-1. The molecule has 0 saturated carbocycles. The lowest BCUT2D eigenvalue weighted by atomic mass is 10.1. The third-order valence-electron chi connectivity index (χ3n) is 5.05. The zero-order chi connectivity index (χ0) is 19.8. The predicted octanol–water partition coefficient (Wildman–Crippen LogP) is 3.08. The zero-order valence-corrected chi connectivity index (χ0v) is 18.2. The Bertz CT molecular complexity index is 1350. The molecule has 3 aromatic carbocycles. The number of Topliss-reactive ketones (excluding diaryl/α,β-unsaturated/α-hetero) is 1. The van der Waals surface area contributed by atoms with Gasteiger partial charge in [-0.3, -0.25) is 4.79 Å². The molecule has 0 aliphatic carbocycles. The average Bonchev–Trinajstić information content (AvgIpc) is 3.19. The van der Waals surface area contributed by atoms with Crippen molar-refractivity contribution in [1.82, 2.24) is 0 Å². The number of aromatic nitrogens is 1. The number of furan rings is 1. The van der Waals surface area contributed by atoms with E-state index in [0.29, 0.717) is 10.6 Å². The maximum Gasteiger partial charge on any atom is 0.258 e. The minimum absolute atomic E-state index is 0. The summed E-state index contributed by atoms with van der Waals surface area (Å²) in [4.78, 5) is 12.8. The first-order chi connectivity index (χ1) is 14.2. The lowest BCUT2D eigenvalue weighted by Crippen LogP contribution is -3.00. The number of benzene rings is 3. The summed E-state index contributed by atoms with van der Waals surface area (Å²) in [6, 6.07) is 27.0. The molecule has 2 heterocycles. The van der Waals surface area contributed by atoms with E-state index in [-0.39, 0.29) is 29.3 Å². The highest BCUT2D eigenvalue weighted by Crippen LogP contribution is 2.35. The van der Waals surface area contributed by atoms with E-state index in [0.717, 1.165) is 33.2 Å². The Hall–Kier alpha value is -2.95. The first-order valence-electron chi connectivity index (χ1n) is 9.38. The Balaban J connectivity index is 0.00000218. The van der Waals surface area contributed by atoms with E-state index >= 15 is 0 Å². The van der Waals surface area contributed by atoms with E-state index in [1.54, 1.807) is 0 Å². The number of rotatable bonds is 4. The fraction of sp³-hybridized carbons (Fsp3) is 0.0400. The number of ketones is 1. The summed E-state index contributed by atoms with van der Waals surface area (Å²) >= 11 is 6.58. The first kappa shape index (κ1) is 20.3. The molecule has 30 heavy (non-hydrogen) atoms. The summed E-state index contributed by atoms with van der Waals surface area (Å²) in [6.45, 7) is 0.207. The third-order valence-corrected chi connectivity index (χ3v) is 5.37. The largest absolute Gasteiger partial charge is 1.00 e. The third kappa shape index (κ3) is 3.64. The Kier molecular flexibility index (Phi) is 5.71. The van der Waals surface area contributed by atoms with Crippen molar-refractivity contribution in [2.75, 3.05) is 0 Å². The molecule has 148 valence electrons. The molecule has 0 aliphatic heterocycles. The van der Waals surface area contributed by atoms with Gasteiger partial charge in [-0.2, -0.15) is 4.57 Å². The summed E-state index contributed by atoms with van der Waals surface area (Å²) in [7, 11) is 0. The number of hydrogen-bond acceptors (Lipinski definition) is 2. The van der Waals surface area contributed by atoms with Crippen molar-refractivity contribution in [2.45, 2.75) is 6.54 Å². The molecule has 0 unspecified atom stereocenters. The molecular weight excluding hydrogens is 462 g/mol. The fourth-order valence-electron chi connectivity index (χ4n) is 3.65. The van der Waals surface area contributed by atoms with Crippen LogP contribution in [0, 0.1) is 0 Å². The molecule has 3 nitrogen and oxygen atoms in total. The van der Waals surface area contributed by atoms with E-state index < -0.39 is 0 Å². The summed E-state index contributed by atoms with van der Waals surface area (Å²) in [5.41, 5.74) is 3.22. The van der Waals surface area contributed by atoms with Gasteiger partial charge < -0.3 is 21.4 Å². The number of halogens is 2. The van der Waals surface area contributed by atoms with Crippen LogP contribution in [-0.2, 0) is 6.54 Å². The molecule has 0 saturated heterocycles. The molecular formula is C25H17BrClNO2. The number of hydrogen-bond donors (Lipinski definition) is 0. The average molecular weight is 479 g/mol. The molecule has 0 amide bonds. The van der Waals surface area contributed by atoms with Crippen molar-refractivity contribution in [3.63, 3.8) is 0 Å². The van der Waals surface area contributed by atoms with Crippen molar-refractivity contribution in [3.05, 3.63) is 102 Å². The van der Waals surface area contributed by atoms with Gasteiger partial charge in [0.2, 0.25) is 17.9 Å². The Labute approximate surface area is 189 Å². The summed E-state index contributed by atoms with van der Waals surface area (Å²) in [5, 5.41) is 2.40. The lowest BCUT2D eigenvalue weighted by Gasteiger charge is -2.04. The fourth-order valence-corrected chi connectivity index (χ4v) is 3.93. The molecule has 0 fully saturated rings. The molecule has 0 atom stereocenters. The predicted molar refractivity (Wildman–Crippen MR) is 115 cm³/mol. The zero-order valence-electron chi connectivity index (χ0n) is 15.9. The minimum atomic E-state index is 0. The van der Waals surface area contributed by atoms with Crippen LogP contribution >= 0.6 is 11.6 Å². The van der Waals surface area contributed by atoms with Crippen LogP contribution < -0.4 is 21.5 Å². The highest BCUT2D eigenvalue weighted by molar-refractivity contribution is 6.36. The highest BCUT2D eigenvalue weighted by atomic mass is 79.9. The van der Waals surface area contributed by atoms with Crippen LogP contribution in [0.1, 0.15) is 10.4 Å². The lowest BCUT2D eigenvalue weighted by molar-refractivity contribution is -0.656. The SMILES string of the molecule is O=C(C[n+]1cccc2c(Cl)cc3cc(-c4ccccc4)oc3c21)c1ccccc1.[Br-]. The van der Waals surface area contributed by atoms with Crippen LogP contribution in [0.25, 0.3) is 33.2 Å². The number of nitrogens with zero attached hydrogens (tertiary/aromatic N) is 1. The molecule has 2 aromatic heterocycles. The molecule has 0 radical (unpaired) electrons. The number of pyridine rings is 1. The quantitative estimate of drug-likeness (QED) is 0.294. The second-order valence-corrected chi connectivity index (χ2v) is 7.35. The van der Waals surface area contributed by atoms with Gasteiger partial charge in [0.15, 0.2) is 6.20 Å². The number of carbonyl (C=O) groups excluding carboxylic acids is 1. The molecule has 5 heteroatoms. The van der Waals surface area contributed by atoms with Gasteiger partial charge in [-0.15, -0.1) is 0 Å². The molecule has 0 bridgehead atoms. The Morgan fingerprint density at radius 3 is 2.33 bits per heavy atom. The first-order valence-corrected chi connectivity index (χ1v) is 9.76. The summed E-state index contributed by atoms with van der Waals surface area (Å²) in [5.74, 6) is 0.806. The van der Waals surface area contributed by atoms with Crippen molar-refractivity contribution in [1.29, 1.82) is 0 Å². The van der Waals surface area contributed by atoms with Crippen LogP contribution in [-0.4, -0.2) is 5.78 Å². The molecule has 0 spiro atoms. The van der Waals surface area contributed by atoms with Crippen molar-refractivity contribution < 1.29 is 30.8 Å². The van der Waals surface area contributed by atoms with Gasteiger partial charge in [-0.25, -0.2) is 0 Å². The smallest absolute Gasteiger partial charge is 0.258 e. The van der Waals surface area contributed by atoms with Crippen molar-refractivity contribution in [3.8, 4) is 11.3 Å². The van der Waals surface area contributed by atoms with Crippen molar-refractivity contribution in [2.24, 2.45) is 0 Å².